The number of nitrogens with zero attached hydrogens (tertiary/aromatic N) is 3. The molecule has 1 aliphatic rings. The van der Waals surface area contributed by atoms with Crippen LogP contribution >= 0.6 is 11.3 Å². The van der Waals surface area contributed by atoms with Crippen LogP contribution in [-0.2, 0) is 0 Å². The number of hydrogen-bond donors (Lipinski definition) is 1. The van der Waals surface area contributed by atoms with E-state index in [9.17, 15) is 4.79 Å². The van der Waals surface area contributed by atoms with Gasteiger partial charge in [-0.2, -0.15) is 0 Å². The van der Waals surface area contributed by atoms with E-state index in [1.54, 1.807) is 0 Å². The van der Waals surface area contributed by atoms with Gasteiger partial charge in [-0.3, -0.25) is 4.79 Å². The van der Waals surface area contributed by atoms with E-state index < -0.39 is 0 Å². The molecule has 1 aromatic rings. The van der Waals surface area contributed by atoms with E-state index in [1.165, 1.54) is 17.8 Å². The number of hydrogen-bond acceptors (Lipinski definition) is 5. The Hall–Kier alpha value is -1.17. The Morgan fingerprint density at radius 2 is 2.22 bits per heavy atom. The van der Waals surface area contributed by atoms with E-state index in [2.05, 4.69) is 29.4 Å². The number of likely N-dealkylation sites (tertiary alicyclic amines) is 1. The van der Waals surface area contributed by atoms with E-state index >= 15 is 0 Å². The molecule has 18 heavy (non-hydrogen) atoms. The van der Waals surface area contributed by atoms with Crippen molar-refractivity contribution in [1.82, 2.24) is 15.1 Å². The largest absolute Gasteiger partial charge is 0.360 e. The van der Waals surface area contributed by atoms with Crippen LogP contribution in [0.2, 0.25) is 0 Å². The first-order valence-corrected chi connectivity index (χ1v) is 7.31. The summed E-state index contributed by atoms with van der Waals surface area (Å²) in [5, 5.41) is 12.3. The predicted octanol–water partition coefficient (Wildman–Crippen LogP) is 2.23. The van der Waals surface area contributed by atoms with Gasteiger partial charge in [-0.1, -0.05) is 18.3 Å². The molecule has 0 aliphatic carbocycles. The molecule has 0 saturated carbocycles. The van der Waals surface area contributed by atoms with Crippen molar-refractivity contribution >= 4 is 22.4 Å². The summed E-state index contributed by atoms with van der Waals surface area (Å²) < 4.78 is 0. The van der Waals surface area contributed by atoms with Crippen LogP contribution in [0, 0.1) is 5.92 Å². The molecule has 1 N–H and O–H groups in total. The Bertz CT molecular complexity index is 420. The van der Waals surface area contributed by atoms with Crippen molar-refractivity contribution in [2.24, 2.45) is 5.92 Å². The zero-order valence-corrected chi connectivity index (χ0v) is 12.0. The van der Waals surface area contributed by atoms with Crippen LogP contribution in [0.5, 0.6) is 0 Å². The molecule has 2 rings (SSSR count). The first-order chi connectivity index (χ1) is 8.61. The molecule has 2 atom stereocenters. The molecule has 2 unspecified atom stereocenters. The highest BCUT2D eigenvalue weighted by atomic mass is 32.1. The summed E-state index contributed by atoms with van der Waals surface area (Å²) in [6.45, 7) is 7.92. The van der Waals surface area contributed by atoms with Gasteiger partial charge in [0.2, 0.25) is 10.1 Å². The SMILES string of the molecule is CCNc1nnc(C(=O)N2CC(C)CCC2C)s1. The Balaban J connectivity index is 2.09. The summed E-state index contributed by atoms with van der Waals surface area (Å²) in [4.78, 5) is 14.3. The fraction of sp³-hybridized carbons (Fsp3) is 0.750. The minimum atomic E-state index is 0.0238. The highest BCUT2D eigenvalue weighted by Crippen LogP contribution is 2.25. The first-order valence-electron chi connectivity index (χ1n) is 6.50. The number of rotatable bonds is 3. The second-order valence-corrected chi connectivity index (χ2v) is 5.91. The lowest BCUT2D eigenvalue weighted by Gasteiger charge is -2.36. The van der Waals surface area contributed by atoms with E-state index in [1.807, 2.05) is 11.8 Å². The number of aromatic nitrogens is 2. The highest BCUT2D eigenvalue weighted by Gasteiger charge is 2.29. The second kappa shape index (κ2) is 5.65. The molecule has 1 saturated heterocycles. The minimum Gasteiger partial charge on any atom is -0.360 e. The van der Waals surface area contributed by atoms with Crippen LogP contribution < -0.4 is 5.32 Å². The molecule has 5 nitrogen and oxygen atoms in total. The van der Waals surface area contributed by atoms with Gasteiger partial charge < -0.3 is 10.2 Å². The monoisotopic (exact) mass is 268 g/mol. The average Bonchev–Trinajstić information content (AvgIpc) is 2.80. The topological polar surface area (TPSA) is 58.1 Å². The van der Waals surface area contributed by atoms with Crippen LogP contribution in [0.3, 0.4) is 0 Å². The van der Waals surface area contributed by atoms with Gasteiger partial charge in [0, 0.05) is 19.1 Å². The molecule has 0 spiro atoms. The van der Waals surface area contributed by atoms with Crippen molar-refractivity contribution in [2.45, 2.75) is 39.7 Å². The van der Waals surface area contributed by atoms with Gasteiger partial charge >= 0.3 is 0 Å². The summed E-state index contributed by atoms with van der Waals surface area (Å²) >= 11 is 1.34. The smallest absolute Gasteiger partial charge is 0.285 e. The number of anilines is 1. The summed E-state index contributed by atoms with van der Waals surface area (Å²) in [5.74, 6) is 0.599. The standard InChI is InChI=1S/C12H20N4OS/c1-4-13-12-15-14-10(18-12)11(17)16-7-8(2)5-6-9(16)3/h8-9H,4-7H2,1-3H3,(H,13,15). The Labute approximate surface area is 112 Å². The third kappa shape index (κ3) is 2.80. The molecule has 2 heterocycles. The molecular formula is C12H20N4OS. The lowest BCUT2D eigenvalue weighted by Crippen LogP contribution is -2.44. The Kier molecular flexibility index (Phi) is 4.16. The van der Waals surface area contributed by atoms with Crippen LogP contribution in [-0.4, -0.2) is 40.1 Å². The van der Waals surface area contributed by atoms with E-state index in [0.717, 1.165) is 24.6 Å². The zero-order chi connectivity index (χ0) is 13.1. The van der Waals surface area contributed by atoms with Crippen LogP contribution in [0.15, 0.2) is 0 Å². The summed E-state index contributed by atoms with van der Waals surface area (Å²) in [6.07, 6.45) is 2.27. The maximum Gasteiger partial charge on any atom is 0.285 e. The van der Waals surface area contributed by atoms with Gasteiger partial charge in [0.1, 0.15) is 0 Å². The fourth-order valence-electron chi connectivity index (χ4n) is 2.23. The lowest BCUT2D eigenvalue weighted by atomic mass is 9.95. The number of carbonyl (C=O) groups excluding carboxylic acids is 1. The molecule has 1 amide bonds. The van der Waals surface area contributed by atoms with Gasteiger partial charge in [-0.25, -0.2) is 0 Å². The highest BCUT2D eigenvalue weighted by molar-refractivity contribution is 7.17. The zero-order valence-electron chi connectivity index (χ0n) is 11.1. The minimum absolute atomic E-state index is 0.0238. The predicted molar refractivity (Wildman–Crippen MR) is 73.0 cm³/mol. The molecule has 100 valence electrons. The third-order valence-electron chi connectivity index (χ3n) is 3.31. The van der Waals surface area contributed by atoms with E-state index in [4.69, 9.17) is 0 Å². The normalized spacial score (nSPS) is 24.1. The van der Waals surface area contributed by atoms with Crippen molar-refractivity contribution in [2.75, 3.05) is 18.4 Å². The van der Waals surface area contributed by atoms with Gasteiger partial charge in [-0.15, -0.1) is 10.2 Å². The van der Waals surface area contributed by atoms with Gasteiger partial charge in [0.05, 0.1) is 0 Å². The molecule has 0 radical (unpaired) electrons. The van der Waals surface area contributed by atoms with E-state index in [0.29, 0.717) is 17.0 Å². The molecule has 0 bridgehead atoms. The number of piperidine rings is 1. The molecule has 0 aromatic carbocycles. The number of nitrogens with one attached hydrogen (secondary N) is 1. The molecule has 1 aliphatic heterocycles. The van der Waals surface area contributed by atoms with Crippen LogP contribution in [0.1, 0.15) is 43.4 Å². The van der Waals surface area contributed by atoms with E-state index in [-0.39, 0.29) is 5.91 Å². The van der Waals surface area contributed by atoms with Gasteiger partial charge in [0.15, 0.2) is 0 Å². The Morgan fingerprint density at radius 1 is 1.44 bits per heavy atom. The van der Waals surface area contributed by atoms with Gasteiger partial charge in [0.25, 0.3) is 5.91 Å². The van der Waals surface area contributed by atoms with Crippen LogP contribution in [0.4, 0.5) is 5.13 Å². The van der Waals surface area contributed by atoms with Crippen LogP contribution in [0.25, 0.3) is 0 Å². The van der Waals surface area contributed by atoms with Crippen molar-refractivity contribution in [3.05, 3.63) is 5.01 Å². The van der Waals surface area contributed by atoms with Crippen molar-refractivity contribution in [1.29, 1.82) is 0 Å². The molecular weight excluding hydrogens is 248 g/mol. The second-order valence-electron chi connectivity index (χ2n) is 4.93. The van der Waals surface area contributed by atoms with Crippen molar-refractivity contribution < 1.29 is 4.79 Å². The number of amides is 1. The quantitative estimate of drug-likeness (QED) is 0.913. The van der Waals surface area contributed by atoms with Crippen molar-refractivity contribution in [3.63, 3.8) is 0 Å². The molecule has 1 aromatic heterocycles. The fourth-order valence-corrected chi connectivity index (χ4v) is 2.99. The summed E-state index contributed by atoms with van der Waals surface area (Å²) in [6, 6.07) is 0.306. The lowest BCUT2D eigenvalue weighted by molar-refractivity contribution is 0.0573. The number of carbonyl (C=O) groups is 1. The molecule has 1 fully saturated rings. The average molecular weight is 268 g/mol. The summed E-state index contributed by atoms with van der Waals surface area (Å²) in [7, 11) is 0. The first kappa shape index (κ1) is 13.3. The van der Waals surface area contributed by atoms with Gasteiger partial charge in [-0.05, 0) is 32.6 Å². The summed E-state index contributed by atoms with van der Waals surface area (Å²) in [5.41, 5.74) is 0. The van der Waals surface area contributed by atoms with Crippen molar-refractivity contribution in [3.8, 4) is 0 Å². The maximum atomic E-state index is 12.4. The maximum absolute atomic E-state index is 12.4. The third-order valence-corrected chi connectivity index (χ3v) is 4.18. The Morgan fingerprint density at radius 3 is 2.94 bits per heavy atom. The molecule has 6 heteroatoms.